The Bertz CT molecular complexity index is 471. The van der Waals surface area contributed by atoms with Crippen LogP contribution in [0.15, 0.2) is 22.7 Å². The van der Waals surface area contributed by atoms with Gasteiger partial charge in [0.25, 0.3) is 11.0 Å². The summed E-state index contributed by atoms with van der Waals surface area (Å²) < 4.78 is 26.1. The summed E-state index contributed by atoms with van der Waals surface area (Å²) in [5.74, 6) is 0. The lowest BCUT2D eigenvalue weighted by Gasteiger charge is -2.09. The minimum Gasteiger partial charge on any atom is -0.264 e. The fourth-order valence-electron chi connectivity index (χ4n) is 1.10. The summed E-state index contributed by atoms with van der Waals surface area (Å²) in [4.78, 5) is 0. The van der Waals surface area contributed by atoms with E-state index in [2.05, 4.69) is 20.1 Å². The molecule has 0 radical (unpaired) electrons. The van der Waals surface area contributed by atoms with Crippen molar-refractivity contribution in [1.29, 1.82) is 5.26 Å². The lowest BCUT2D eigenvalue weighted by atomic mass is 10.1. The molecule has 0 bridgehead atoms. The highest BCUT2D eigenvalue weighted by Gasteiger charge is 2.09. The molecule has 0 N–H and O–H groups in total. The summed E-state index contributed by atoms with van der Waals surface area (Å²) in [6, 6.07) is 6.93. The number of thiol groups is 1. The molecule has 1 atom stereocenters. The molecule has 0 heterocycles. The molecular weight excluding hydrogens is 282 g/mol. The van der Waals surface area contributed by atoms with Gasteiger partial charge in [0.2, 0.25) is 0 Å². The Morgan fingerprint density at radius 1 is 1.47 bits per heavy atom. The van der Waals surface area contributed by atoms with Crippen molar-refractivity contribution in [3.8, 4) is 6.07 Å². The lowest BCUT2D eigenvalue weighted by molar-refractivity contribution is 0.245. The van der Waals surface area contributed by atoms with Crippen LogP contribution >= 0.6 is 15.9 Å². The van der Waals surface area contributed by atoms with E-state index in [0.717, 1.165) is 0 Å². The van der Waals surface area contributed by atoms with Gasteiger partial charge in [-0.15, -0.1) is 0 Å². The SMILES string of the molecule is CC(O[SH](=O)=O)c1cc(Br)cc(C#N)c1. The van der Waals surface area contributed by atoms with E-state index in [0.29, 0.717) is 15.6 Å². The number of rotatable bonds is 3. The van der Waals surface area contributed by atoms with E-state index < -0.39 is 17.1 Å². The monoisotopic (exact) mass is 289 g/mol. The molecule has 0 fully saturated rings. The third-order valence-corrected chi connectivity index (χ3v) is 2.71. The molecule has 80 valence electrons. The smallest absolute Gasteiger partial charge is 0.257 e. The van der Waals surface area contributed by atoms with Crippen LogP contribution in [0, 0.1) is 11.3 Å². The third kappa shape index (κ3) is 3.63. The minimum atomic E-state index is -2.89. The zero-order valence-corrected chi connectivity index (χ0v) is 10.3. The lowest BCUT2D eigenvalue weighted by Crippen LogP contribution is -1.99. The maximum atomic E-state index is 10.4. The Morgan fingerprint density at radius 2 is 2.13 bits per heavy atom. The van der Waals surface area contributed by atoms with Gasteiger partial charge in [-0.05, 0) is 30.7 Å². The van der Waals surface area contributed by atoms with Crippen molar-refractivity contribution in [2.75, 3.05) is 0 Å². The molecule has 0 spiro atoms. The summed E-state index contributed by atoms with van der Waals surface area (Å²) in [7, 11) is -2.89. The Labute approximate surface area is 97.8 Å². The van der Waals surface area contributed by atoms with Gasteiger partial charge in [0.15, 0.2) is 0 Å². The van der Waals surface area contributed by atoms with E-state index >= 15 is 0 Å². The van der Waals surface area contributed by atoms with Gasteiger partial charge in [-0.3, -0.25) is 4.18 Å². The maximum Gasteiger partial charge on any atom is 0.257 e. The summed E-state index contributed by atoms with van der Waals surface area (Å²) in [6.45, 7) is 1.61. The highest BCUT2D eigenvalue weighted by atomic mass is 79.9. The van der Waals surface area contributed by atoms with Crippen LogP contribution in [0.4, 0.5) is 0 Å². The summed E-state index contributed by atoms with van der Waals surface area (Å²) in [5, 5.41) is 8.72. The second kappa shape index (κ2) is 5.26. The number of hydrogen-bond donors (Lipinski definition) is 1. The number of nitriles is 1. The van der Waals surface area contributed by atoms with Crippen LogP contribution < -0.4 is 0 Å². The molecule has 0 saturated carbocycles. The highest BCUT2D eigenvalue weighted by molar-refractivity contribution is 9.10. The van der Waals surface area contributed by atoms with Crippen molar-refractivity contribution in [1.82, 2.24) is 0 Å². The maximum absolute atomic E-state index is 10.4. The van der Waals surface area contributed by atoms with Crippen molar-refractivity contribution >= 4 is 26.9 Å². The molecule has 0 aliphatic heterocycles. The van der Waals surface area contributed by atoms with Crippen LogP contribution in [-0.4, -0.2) is 8.42 Å². The predicted molar refractivity (Wildman–Crippen MR) is 58.7 cm³/mol. The predicted octanol–water partition coefficient (Wildman–Crippen LogP) is 1.92. The normalized spacial score (nSPS) is 12.4. The molecule has 0 amide bonds. The molecule has 0 aliphatic carbocycles. The van der Waals surface area contributed by atoms with Gasteiger partial charge in [-0.2, -0.15) is 5.26 Å². The fourth-order valence-corrected chi connectivity index (χ4v) is 1.99. The van der Waals surface area contributed by atoms with Crippen LogP contribution in [-0.2, 0) is 15.2 Å². The molecule has 6 heteroatoms. The van der Waals surface area contributed by atoms with Crippen molar-refractivity contribution < 1.29 is 12.6 Å². The van der Waals surface area contributed by atoms with E-state index in [1.807, 2.05) is 6.07 Å². The van der Waals surface area contributed by atoms with Gasteiger partial charge in [-0.1, -0.05) is 15.9 Å². The fraction of sp³-hybridized carbons (Fsp3) is 0.222. The van der Waals surface area contributed by atoms with Crippen molar-refractivity contribution in [3.05, 3.63) is 33.8 Å². The highest BCUT2D eigenvalue weighted by Crippen LogP contribution is 2.22. The topological polar surface area (TPSA) is 67.2 Å². The second-order valence-electron chi connectivity index (χ2n) is 2.86. The quantitative estimate of drug-likeness (QED) is 0.864. The molecule has 4 nitrogen and oxygen atoms in total. The van der Waals surface area contributed by atoms with Crippen LogP contribution in [0.5, 0.6) is 0 Å². The number of hydrogen-bond acceptors (Lipinski definition) is 4. The minimum absolute atomic E-state index is 0.455. The molecule has 1 unspecified atom stereocenters. The molecule has 1 aromatic carbocycles. The largest absolute Gasteiger partial charge is 0.264 e. The first kappa shape index (κ1) is 12.2. The summed E-state index contributed by atoms with van der Waals surface area (Å²) in [5.41, 5.74) is 1.09. The Hall–Kier alpha value is -0.900. The average molecular weight is 290 g/mol. The zero-order chi connectivity index (χ0) is 11.4. The van der Waals surface area contributed by atoms with Gasteiger partial charge in [0.1, 0.15) is 0 Å². The molecule has 15 heavy (non-hydrogen) atoms. The summed E-state index contributed by atoms with van der Waals surface area (Å²) in [6.07, 6.45) is -0.587. The van der Waals surface area contributed by atoms with Crippen LogP contribution in [0.3, 0.4) is 0 Å². The Balaban J connectivity index is 3.04. The number of nitrogens with zero attached hydrogens (tertiary/aromatic N) is 1. The second-order valence-corrected chi connectivity index (χ2v) is 4.43. The third-order valence-electron chi connectivity index (χ3n) is 1.76. The van der Waals surface area contributed by atoms with E-state index in [-0.39, 0.29) is 0 Å². The van der Waals surface area contributed by atoms with Crippen molar-refractivity contribution in [3.63, 3.8) is 0 Å². The Kier molecular flexibility index (Phi) is 4.27. The molecule has 1 rings (SSSR count). The zero-order valence-electron chi connectivity index (χ0n) is 7.81. The summed E-state index contributed by atoms with van der Waals surface area (Å²) >= 11 is 3.23. The average Bonchev–Trinajstić information content (AvgIpc) is 2.15. The Morgan fingerprint density at radius 3 is 2.67 bits per heavy atom. The van der Waals surface area contributed by atoms with Crippen LogP contribution in [0.2, 0.25) is 0 Å². The van der Waals surface area contributed by atoms with Gasteiger partial charge in [-0.25, -0.2) is 8.42 Å². The molecular formula is C9H8BrNO3S. The van der Waals surface area contributed by atoms with Gasteiger partial charge in [0, 0.05) is 4.47 Å². The van der Waals surface area contributed by atoms with Gasteiger partial charge >= 0.3 is 0 Å². The first-order valence-corrected chi connectivity index (χ1v) is 5.93. The van der Waals surface area contributed by atoms with Crippen LogP contribution in [0.25, 0.3) is 0 Å². The molecule has 0 aliphatic rings. The van der Waals surface area contributed by atoms with Crippen molar-refractivity contribution in [2.45, 2.75) is 13.0 Å². The van der Waals surface area contributed by atoms with E-state index in [1.165, 1.54) is 0 Å². The van der Waals surface area contributed by atoms with Crippen LogP contribution in [0.1, 0.15) is 24.2 Å². The molecule has 0 saturated heterocycles. The van der Waals surface area contributed by atoms with Gasteiger partial charge in [0.05, 0.1) is 17.7 Å². The number of halogens is 1. The van der Waals surface area contributed by atoms with Gasteiger partial charge < -0.3 is 0 Å². The molecule has 1 aromatic rings. The van der Waals surface area contributed by atoms with E-state index in [9.17, 15) is 8.42 Å². The first-order chi connectivity index (χ1) is 7.02. The first-order valence-electron chi connectivity index (χ1n) is 4.04. The van der Waals surface area contributed by atoms with Crippen molar-refractivity contribution in [2.24, 2.45) is 0 Å². The van der Waals surface area contributed by atoms with E-state index in [1.54, 1.807) is 25.1 Å². The molecule has 0 aromatic heterocycles. The van der Waals surface area contributed by atoms with E-state index in [4.69, 9.17) is 5.26 Å². The number of benzene rings is 1. The standard InChI is InChI=1S/C9H8BrNO3S/c1-6(14-15(12)13)8-2-7(5-11)3-9(10)4-8/h2-4,6,15H,1H3.